The monoisotopic (exact) mass is 384 g/mol. The Hall–Kier alpha value is -1.31. The number of anilines is 2. The molecule has 0 bridgehead atoms. The summed E-state index contributed by atoms with van der Waals surface area (Å²) in [6.07, 6.45) is 0. The molecule has 130 valence electrons. The molecule has 1 aromatic carbocycles. The molecule has 0 fully saturated rings. The third-order valence-electron chi connectivity index (χ3n) is 3.25. The molecule has 0 aliphatic heterocycles. The summed E-state index contributed by atoms with van der Waals surface area (Å²) in [7, 11) is 0. The van der Waals surface area contributed by atoms with Crippen LogP contribution in [0.15, 0.2) is 22.5 Å². The number of carbonyl (C=O) groups is 1. The van der Waals surface area contributed by atoms with Crippen molar-refractivity contribution >= 4 is 51.4 Å². The number of halogens is 1. The molecule has 1 aromatic heterocycles. The van der Waals surface area contributed by atoms with Crippen LogP contribution in [0, 0.1) is 12.8 Å². The Morgan fingerprint density at radius 3 is 2.79 bits per heavy atom. The summed E-state index contributed by atoms with van der Waals surface area (Å²) in [4.78, 5) is 12.0. The van der Waals surface area contributed by atoms with Crippen LogP contribution in [0.25, 0.3) is 0 Å². The van der Waals surface area contributed by atoms with Crippen molar-refractivity contribution in [2.24, 2.45) is 5.92 Å². The topological polar surface area (TPSA) is 66.9 Å². The summed E-state index contributed by atoms with van der Waals surface area (Å²) in [5.41, 5.74) is 1.86. The van der Waals surface area contributed by atoms with Crippen molar-refractivity contribution in [3.8, 4) is 0 Å². The first kappa shape index (κ1) is 19.0. The second kappa shape index (κ2) is 8.69. The van der Waals surface area contributed by atoms with Crippen molar-refractivity contribution in [1.29, 1.82) is 0 Å². The molecule has 1 heterocycles. The average Bonchev–Trinajstić information content (AvgIpc) is 2.96. The van der Waals surface area contributed by atoms with Gasteiger partial charge in [0.05, 0.1) is 5.25 Å². The Kier molecular flexibility index (Phi) is 6.89. The maximum atomic E-state index is 12.0. The van der Waals surface area contributed by atoms with Gasteiger partial charge in [-0.05, 0) is 37.5 Å². The van der Waals surface area contributed by atoms with E-state index in [0.717, 1.165) is 15.6 Å². The van der Waals surface area contributed by atoms with Crippen LogP contribution in [0.4, 0.5) is 10.8 Å². The molecular weight excluding hydrogens is 364 g/mol. The van der Waals surface area contributed by atoms with Gasteiger partial charge in [0.2, 0.25) is 11.0 Å². The minimum atomic E-state index is -0.211. The van der Waals surface area contributed by atoms with Crippen molar-refractivity contribution in [3.05, 3.63) is 28.8 Å². The molecule has 1 unspecified atom stereocenters. The fraction of sp³-hybridized carbons (Fsp3) is 0.438. The van der Waals surface area contributed by atoms with Gasteiger partial charge in [-0.2, -0.15) is 0 Å². The molecule has 0 saturated carbocycles. The minimum Gasteiger partial charge on any atom is -0.355 e. The lowest BCUT2D eigenvalue weighted by Crippen LogP contribution is -2.33. The first-order valence-corrected chi connectivity index (χ1v) is 9.74. The molecule has 5 nitrogen and oxygen atoms in total. The maximum absolute atomic E-state index is 12.0. The van der Waals surface area contributed by atoms with Crippen molar-refractivity contribution in [2.75, 3.05) is 11.9 Å². The van der Waals surface area contributed by atoms with Crippen LogP contribution in [0.5, 0.6) is 0 Å². The Balaban J connectivity index is 1.95. The van der Waals surface area contributed by atoms with E-state index in [9.17, 15) is 4.79 Å². The average molecular weight is 385 g/mol. The molecule has 0 saturated heterocycles. The third kappa shape index (κ3) is 5.36. The summed E-state index contributed by atoms with van der Waals surface area (Å²) >= 11 is 8.95. The first-order valence-electron chi connectivity index (χ1n) is 7.66. The van der Waals surface area contributed by atoms with Gasteiger partial charge in [-0.25, -0.2) is 0 Å². The lowest BCUT2D eigenvalue weighted by Gasteiger charge is -2.11. The van der Waals surface area contributed by atoms with Crippen LogP contribution in [0.2, 0.25) is 5.02 Å². The highest BCUT2D eigenvalue weighted by Crippen LogP contribution is 2.32. The van der Waals surface area contributed by atoms with Crippen LogP contribution < -0.4 is 10.6 Å². The zero-order valence-electron chi connectivity index (χ0n) is 14.1. The molecular formula is C16H21ClN4OS2. The van der Waals surface area contributed by atoms with Crippen molar-refractivity contribution in [1.82, 2.24) is 15.5 Å². The molecule has 8 heteroatoms. The number of thioether (sulfide) groups is 1. The zero-order chi connectivity index (χ0) is 17.7. The number of nitrogens with zero attached hydrogens (tertiary/aromatic N) is 2. The SMILES string of the molecule is Cc1c(Cl)cccc1Nc1nnc(SC(C)C(=O)NCC(C)C)s1. The Morgan fingerprint density at radius 1 is 1.33 bits per heavy atom. The Labute approximate surface area is 155 Å². The van der Waals surface area contributed by atoms with Gasteiger partial charge >= 0.3 is 0 Å². The van der Waals surface area contributed by atoms with Crippen molar-refractivity contribution < 1.29 is 4.79 Å². The molecule has 0 aliphatic rings. The summed E-state index contributed by atoms with van der Waals surface area (Å²) in [5.74, 6) is 0.452. The van der Waals surface area contributed by atoms with E-state index in [4.69, 9.17) is 11.6 Å². The molecule has 1 atom stereocenters. The molecule has 2 rings (SSSR count). The van der Waals surface area contributed by atoms with Gasteiger partial charge in [0.15, 0.2) is 4.34 Å². The van der Waals surface area contributed by atoms with Crippen LogP contribution in [-0.2, 0) is 4.79 Å². The number of hydrogen-bond acceptors (Lipinski definition) is 6. The lowest BCUT2D eigenvalue weighted by molar-refractivity contribution is -0.120. The lowest BCUT2D eigenvalue weighted by atomic mass is 10.2. The number of benzene rings is 1. The van der Waals surface area contributed by atoms with E-state index in [-0.39, 0.29) is 11.2 Å². The Morgan fingerprint density at radius 2 is 2.08 bits per heavy atom. The standard InChI is InChI=1S/C16H21ClN4OS2/c1-9(2)8-18-14(22)11(4)23-16-21-20-15(24-16)19-13-7-5-6-12(17)10(13)3/h5-7,9,11H,8H2,1-4H3,(H,18,22)(H,19,20). The smallest absolute Gasteiger partial charge is 0.233 e. The van der Waals surface area contributed by atoms with E-state index in [1.807, 2.05) is 32.0 Å². The van der Waals surface area contributed by atoms with Gasteiger partial charge in [-0.3, -0.25) is 4.79 Å². The summed E-state index contributed by atoms with van der Waals surface area (Å²) < 4.78 is 0.754. The number of hydrogen-bond donors (Lipinski definition) is 2. The quantitative estimate of drug-likeness (QED) is 0.688. The van der Waals surface area contributed by atoms with E-state index >= 15 is 0 Å². The predicted octanol–water partition coefficient (Wildman–Crippen LogP) is 4.50. The van der Waals surface area contributed by atoms with Crippen LogP contribution in [0.3, 0.4) is 0 Å². The molecule has 0 spiro atoms. The number of rotatable bonds is 7. The number of carbonyl (C=O) groups excluding carboxylic acids is 1. The van der Waals surface area contributed by atoms with Crippen molar-refractivity contribution in [3.63, 3.8) is 0 Å². The number of nitrogens with one attached hydrogen (secondary N) is 2. The van der Waals surface area contributed by atoms with E-state index in [2.05, 4.69) is 34.7 Å². The van der Waals surface area contributed by atoms with Gasteiger partial charge in [0, 0.05) is 17.3 Å². The highest BCUT2D eigenvalue weighted by atomic mass is 35.5. The van der Waals surface area contributed by atoms with Crippen LogP contribution in [-0.4, -0.2) is 27.9 Å². The molecule has 1 amide bonds. The second-order valence-corrected chi connectivity index (χ2v) is 8.78. The van der Waals surface area contributed by atoms with E-state index in [1.165, 1.54) is 23.1 Å². The fourth-order valence-electron chi connectivity index (χ4n) is 1.82. The predicted molar refractivity (Wildman–Crippen MR) is 103 cm³/mol. The number of amides is 1. The molecule has 0 radical (unpaired) electrons. The van der Waals surface area contributed by atoms with Gasteiger partial charge in [-0.15, -0.1) is 10.2 Å². The fourth-order valence-corrected chi connectivity index (χ4v) is 3.93. The van der Waals surface area contributed by atoms with E-state index in [0.29, 0.717) is 22.6 Å². The largest absolute Gasteiger partial charge is 0.355 e. The highest BCUT2D eigenvalue weighted by Gasteiger charge is 2.17. The molecule has 24 heavy (non-hydrogen) atoms. The highest BCUT2D eigenvalue weighted by molar-refractivity contribution is 8.02. The van der Waals surface area contributed by atoms with Crippen molar-refractivity contribution in [2.45, 2.75) is 37.3 Å². The van der Waals surface area contributed by atoms with E-state index < -0.39 is 0 Å². The summed E-state index contributed by atoms with van der Waals surface area (Å²) in [5, 5.41) is 15.6. The zero-order valence-corrected chi connectivity index (χ0v) is 16.5. The third-order valence-corrected chi connectivity index (χ3v) is 5.68. The minimum absolute atomic E-state index is 0.0177. The van der Waals surface area contributed by atoms with Gasteiger partial charge < -0.3 is 10.6 Å². The normalized spacial score (nSPS) is 12.2. The Bertz CT molecular complexity index is 705. The van der Waals surface area contributed by atoms with Crippen LogP contribution in [0.1, 0.15) is 26.3 Å². The molecule has 2 aromatic rings. The molecule has 0 aliphatic carbocycles. The summed E-state index contributed by atoms with van der Waals surface area (Å²) in [6, 6.07) is 5.67. The summed E-state index contributed by atoms with van der Waals surface area (Å²) in [6.45, 7) is 8.64. The maximum Gasteiger partial charge on any atom is 0.233 e. The first-order chi connectivity index (χ1) is 11.4. The van der Waals surface area contributed by atoms with Gasteiger partial charge in [0.1, 0.15) is 0 Å². The second-order valence-electron chi connectivity index (χ2n) is 5.81. The molecule has 2 N–H and O–H groups in total. The van der Waals surface area contributed by atoms with E-state index in [1.54, 1.807) is 0 Å². The van der Waals surface area contributed by atoms with Gasteiger partial charge in [0.25, 0.3) is 0 Å². The number of aromatic nitrogens is 2. The van der Waals surface area contributed by atoms with Crippen LogP contribution >= 0.6 is 34.7 Å². The van der Waals surface area contributed by atoms with Gasteiger partial charge in [-0.1, -0.05) is 54.6 Å².